The van der Waals surface area contributed by atoms with Crippen LogP contribution in [0.4, 0.5) is 18.0 Å². The van der Waals surface area contributed by atoms with Gasteiger partial charge in [-0.15, -0.1) is 0 Å². The first kappa shape index (κ1) is 17.6. The molecule has 1 heterocycles. The summed E-state index contributed by atoms with van der Waals surface area (Å²) in [4.78, 5) is 23.6. The highest BCUT2D eigenvalue weighted by Gasteiger charge is 2.53. The Hall–Kier alpha value is -1.47. The molecule has 0 aromatic heterocycles. The molecule has 0 aromatic rings. The van der Waals surface area contributed by atoms with Crippen LogP contribution in [0.3, 0.4) is 0 Å². The zero-order valence-electron chi connectivity index (χ0n) is 12.1. The van der Waals surface area contributed by atoms with Gasteiger partial charge in [-0.05, 0) is 18.8 Å². The van der Waals surface area contributed by atoms with Crippen LogP contribution in [0.1, 0.15) is 26.7 Å². The van der Waals surface area contributed by atoms with E-state index >= 15 is 0 Å². The van der Waals surface area contributed by atoms with Crippen molar-refractivity contribution in [3.63, 3.8) is 0 Å². The minimum absolute atomic E-state index is 0.377. The Morgan fingerprint density at radius 3 is 2.38 bits per heavy atom. The highest BCUT2D eigenvalue weighted by Crippen LogP contribution is 2.37. The lowest BCUT2D eigenvalue weighted by atomic mass is 9.96. The molecule has 2 N–H and O–H groups in total. The van der Waals surface area contributed by atoms with Gasteiger partial charge in [-0.1, -0.05) is 13.8 Å². The van der Waals surface area contributed by atoms with Crippen molar-refractivity contribution in [2.45, 2.75) is 32.9 Å². The summed E-state index contributed by atoms with van der Waals surface area (Å²) < 4.78 is 38.3. The average Bonchev–Trinajstić information content (AvgIpc) is 2.79. The maximum absolute atomic E-state index is 12.8. The first-order chi connectivity index (χ1) is 9.62. The molecule has 0 bridgehead atoms. The van der Waals surface area contributed by atoms with Gasteiger partial charge in [0.1, 0.15) is 0 Å². The van der Waals surface area contributed by atoms with Crippen LogP contribution in [-0.4, -0.2) is 47.8 Å². The third-order valence-corrected chi connectivity index (χ3v) is 3.58. The summed E-state index contributed by atoms with van der Waals surface area (Å²) in [6, 6.07) is -0.628. The minimum atomic E-state index is -4.62. The Kier molecular flexibility index (Phi) is 5.86. The van der Waals surface area contributed by atoms with Gasteiger partial charge < -0.3 is 15.3 Å². The molecule has 0 spiro atoms. The van der Waals surface area contributed by atoms with Crippen LogP contribution in [0.25, 0.3) is 0 Å². The number of nitrogens with zero attached hydrogens (tertiary/aromatic N) is 1. The largest absolute Gasteiger partial charge is 0.481 e. The Balaban J connectivity index is 2.53. The fourth-order valence-corrected chi connectivity index (χ4v) is 2.37. The SMILES string of the molecule is CC(C)CCCNC(=O)N1C[C@@H](C(F)(F)F)[C@H](C(=O)O)C1. The number of carbonyl (C=O) groups excluding carboxylic acids is 1. The van der Waals surface area contributed by atoms with E-state index in [9.17, 15) is 22.8 Å². The molecule has 122 valence electrons. The fraction of sp³-hybridized carbons (Fsp3) is 0.846. The predicted octanol–water partition coefficient (Wildman–Crippen LogP) is 2.33. The van der Waals surface area contributed by atoms with Gasteiger partial charge in [0.15, 0.2) is 0 Å². The number of alkyl halides is 3. The second-order valence-corrected chi connectivity index (χ2v) is 5.77. The third-order valence-electron chi connectivity index (χ3n) is 3.58. The first-order valence-corrected chi connectivity index (χ1v) is 6.95. The molecule has 2 amide bonds. The quantitative estimate of drug-likeness (QED) is 0.766. The summed E-state index contributed by atoms with van der Waals surface area (Å²) in [7, 11) is 0. The molecule has 1 aliphatic rings. The molecular weight excluding hydrogens is 289 g/mol. The number of hydrogen-bond donors (Lipinski definition) is 2. The van der Waals surface area contributed by atoms with Crippen molar-refractivity contribution in [3.05, 3.63) is 0 Å². The summed E-state index contributed by atoms with van der Waals surface area (Å²) >= 11 is 0. The smallest absolute Gasteiger partial charge is 0.394 e. The molecule has 1 rings (SSSR count). The molecule has 0 radical (unpaired) electrons. The zero-order valence-corrected chi connectivity index (χ0v) is 12.1. The van der Waals surface area contributed by atoms with Gasteiger partial charge in [-0.3, -0.25) is 4.79 Å². The standard InChI is InChI=1S/C13H21F3N2O3/c1-8(2)4-3-5-17-12(21)18-6-9(11(19)20)10(7-18)13(14,15)16/h8-10H,3-7H2,1-2H3,(H,17,21)(H,19,20)/t9-,10-/m1/s1. The number of amides is 2. The molecular formula is C13H21F3N2O3. The number of aliphatic carboxylic acids is 1. The van der Waals surface area contributed by atoms with Crippen molar-refractivity contribution < 1.29 is 27.9 Å². The monoisotopic (exact) mass is 310 g/mol. The number of urea groups is 1. The summed E-state index contributed by atoms with van der Waals surface area (Å²) in [6.07, 6.45) is -2.97. The van der Waals surface area contributed by atoms with Gasteiger partial charge in [0.25, 0.3) is 0 Å². The lowest BCUT2D eigenvalue weighted by molar-refractivity contribution is -0.187. The van der Waals surface area contributed by atoms with E-state index in [0.29, 0.717) is 12.5 Å². The molecule has 21 heavy (non-hydrogen) atoms. The van der Waals surface area contributed by atoms with Crippen LogP contribution in [0.5, 0.6) is 0 Å². The summed E-state index contributed by atoms with van der Waals surface area (Å²) in [5.74, 6) is -4.63. The van der Waals surface area contributed by atoms with Gasteiger partial charge in [-0.2, -0.15) is 13.2 Å². The summed E-state index contributed by atoms with van der Waals surface area (Å²) in [6.45, 7) is 3.44. The van der Waals surface area contributed by atoms with E-state index in [1.54, 1.807) is 0 Å². The second kappa shape index (κ2) is 7.00. The van der Waals surface area contributed by atoms with Crippen molar-refractivity contribution in [2.24, 2.45) is 17.8 Å². The van der Waals surface area contributed by atoms with Crippen LogP contribution >= 0.6 is 0 Å². The van der Waals surface area contributed by atoms with Crippen molar-refractivity contribution >= 4 is 12.0 Å². The van der Waals surface area contributed by atoms with Gasteiger partial charge in [0.2, 0.25) is 0 Å². The summed E-state index contributed by atoms with van der Waals surface area (Å²) in [5.41, 5.74) is 0. The number of rotatable bonds is 5. The number of hydrogen-bond acceptors (Lipinski definition) is 2. The Labute approximate surface area is 121 Å². The number of carboxylic acids is 1. The van der Waals surface area contributed by atoms with E-state index < -0.39 is 43.1 Å². The van der Waals surface area contributed by atoms with E-state index in [-0.39, 0.29) is 0 Å². The Morgan fingerprint density at radius 2 is 1.95 bits per heavy atom. The topological polar surface area (TPSA) is 69.6 Å². The van der Waals surface area contributed by atoms with E-state index in [2.05, 4.69) is 5.32 Å². The number of halogens is 3. The first-order valence-electron chi connectivity index (χ1n) is 6.95. The van der Waals surface area contributed by atoms with Crippen LogP contribution in [0.2, 0.25) is 0 Å². The highest BCUT2D eigenvalue weighted by atomic mass is 19.4. The second-order valence-electron chi connectivity index (χ2n) is 5.77. The van der Waals surface area contributed by atoms with Crippen LogP contribution in [0.15, 0.2) is 0 Å². The lowest BCUT2D eigenvalue weighted by Gasteiger charge is -2.18. The normalized spacial score (nSPS) is 22.7. The van der Waals surface area contributed by atoms with E-state index in [1.807, 2.05) is 13.8 Å². The maximum Gasteiger partial charge on any atom is 0.394 e. The van der Waals surface area contributed by atoms with Crippen molar-refractivity contribution in [3.8, 4) is 0 Å². The predicted molar refractivity (Wildman–Crippen MR) is 69.7 cm³/mol. The Bertz CT molecular complexity index is 385. The van der Waals surface area contributed by atoms with Gasteiger partial charge in [0, 0.05) is 19.6 Å². The number of carbonyl (C=O) groups is 2. The molecule has 0 aromatic carbocycles. The van der Waals surface area contributed by atoms with Crippen LogP contribution in [0, 0.1) is 17.8 Å². The fourth-order valence-electron chi connectivity index (χ4n) is 2.37. The molecule has 0 aliphatic carbocycles. The van der Waals surface area contributed by atoms with Crippen LogP contribution in [-0.2, 0) is 4.79 Å². The molecule has 1 saturated heterocycles. The van der Waals surface area contributed by atoms with Crippen molar-refractivity contribution in [2.75, 3.05) is 19.6 Å². The molecule has 0 unspecified atom stereocenters. The molecule has 1 aliphatic heterocycles. The number of carboxylic acid groups (broad SMARTS) is 1. The van der Waals surface area contributed by atoms with E-state index in [0.717, 1.165) is 17.7 Å². The Morgan fingerprint density at radius 1 is 1.33 bits per heavy atom. The van der Waals surface area contributed by atoms with E-state index in [1.165, 1.54) is 0 Å². The zero-order chi connectivity index (χ0) is 16.2. The molecule has 5 nitrogen and oxygen atoms in total. The molecule has 0 saturated carbocycles. The molecule has 1 fully saturated rings. The van der Waals surface area contributed by atoms with Crippen LogP contribution < -0.4 is 5.32 Å². The van der Waals surface area contributed by atoms with Gasteiger partial charge >= 0.3 is 18.2 Å². The van der Waals surface area contributed by atoms with E-state index in [4.69, 9.17) is 5.11 Å². The maximum atomic E-state index is 12.8. The summed E-state index contributed by atoms with van der Waals surface area (Å²) in [5, 5.41) is 11.4. The molecule has 8 heteroatoms. The average molecular weight is 310 g/mol. The third kappa shape index (κ3) is 5.09. The minimum Gasteiger partial charge on any atom is -0.481 e. The highest BCUT2D eigenvalue weighted by molar-refractivity contribution is 5.77. The van der Waals surface area contributed by atoms with Crippen molar-refractivity contribution in [1.82, 2.24) is 10.2 Å². The lowest BCUT2D eigenvalue weighted by Crippen LogP contribution is -2.40. The van der Waals surface area contributed by atoms with Gasteiger partial charge in [-0.25, -0.2) is 4.79 Å². The van der Waals surface area contributed by atoms with Gasteiger partial charge in [0.05, 0.1) is 11.8 Å². The number of likely N-dealkylation sites (tertiary alicyclic amines) is 1. The number of nitrogens with one attached hydrogen (secondary N) is 1. The van der Waals surface area contributed by atoms with Crippen molar-refractivity contribution in [1.29, 1.82) is 0 Å². The molecule has 2 atom stereocenters.